The number of hydrogen-bond donors (Lipinski definition) is 1. The minimum atomic E-state index is -3.46. The number of sulfonamides is 1. The zero-order valence-electron chi connectivity index (χ0n) is 13.4. The van der Waals surface area contributed by atoms with Crippen LogP contribution in [0.3, 0.4) is 0 Å². The predicted molar refractivity (Wildman–Crippen MR) is 87.0 cm³/mol. The third kappa shape index (κ3) is 6.96. The van der Waals surface area contributed by atoms with Crippen LogP contribution in [0, 0.1) is 5.92 Å². The molecule has 0 aliphatic heterocycles. The number of nitrogens with two attached hydrogens (primary N) is 1. The van der Waals surface area contributed by atoms with Crippen LogP contribution in [0.5, 0.6) is 5.75 Å². The highest BCUT2D eigenvalue weighted by Gasteiger charge is 2.17. The number of primary sulfonamides is 1. The van der Waals surface area contributed by atoms with Crippen LogP contribution >= 0.6 is 0 Å². The van der Waals surface area contributed by atoms with E-state index in [9.17, 15) is 8.42 Å². The Bertz CT molecular complexity index is 530. The number of hydrogen-bond acceptors (Lipinski definition) is 3. The van der Waals surface area contributed by atoms with Gasteiger partial charge in [-0.05, 0) is 29.5 Å². The maximum Gasteiger partial charge on any atom is 0.209 e. The van der Waals surface area contributed by atoms with Gasteiger partial charge in [0, 0.05) is 5.92 Å². The number of benzene rings is 1. The summed E-state index contributed by atoms with van der Waals surface area (Å²) in [5, 5.41) is 5.12. The lowest BCUT2D eigenvalue weighted by atomic mass is 9.87. The molecule has 0 aliphatic rings. The first-order valence-corrected chi connectivity index (χ1v) is 9.07. The molecule has 21 heavy (non-hydrogen) atoms. The van der Waals surface area contributed by atoms with Crippen LogP contribution in [0.15, 0.2) is 24.3 Å². The van der Waals surface area contributed by atoms with Crippen molar-refractivity contribution in [2.45, 2.75) is 46.0 Å². The molecule has 0 bridgehead atoms. The van der Waals surface area contributed by atoms with Crippen LogP contribution < -0.4 is 9.88 Å². The van der Waals surface area contributed by atoms with Crippen molar-refractivity contribution in [1.29, 1.82) is 0 Å². The van der Waals surface area contributed by atoms with E-state index in [0.29, 0.717) is 6.61 Å². The lowest BCUT2D eigenvalue weighted by Gasteiger charge is -2.20. The topological polar surface area (TPSA) is 69.4 Å². The third-order valence-corrected chi connectivity index (χ3v) is 4.31. The van der Waals surface area contributed by atoms with Gasteiger partial charge in [-0.25, -0.2) is 13.6 Å². The molecule has 0 saturated heterocycles. The summed E-state index contributed by atoms with van der Waals surface area (Å²) in [6.45, 7) is 8.87. The fourth-order valence-corrected chi connectivity index (χ4v) is 3.14. The first-order chi connectivity index (χ1) is 9.62. The second kappa shape index (κ2) is 7.27. The van der Waals surface area contributed by atoms with Crippen LogP contribution in [-0.4, -0.2) is 20.8 Å². The molecule has 0 aliphatic carbocycles. The predicted octanol–water partition coefficient (Wildman–Crippen LogP) is 3.07. The fraction of sp³-hybridized carbons (Fsp3) is 0.625. The van der Waals surface area contributed by atoms with E-state index in [0.717, 1.165) is 18.6 Å². The van der Waals surface area contributed by atoms with E-state index in [-0.39, 0.29) is 17.1 Å². The summed E-state index contributed by atoms with van der Waals surface area (Å²) in [5.74, 6) is 0.673. The van der Waals surface area contributed by atoms with Crippen molar-refractivity contribution in [1.82, 2.24) is 0 Å². The molecule has 0 heterocycles. The summed E-state index contributed by atoms with van der Waals surface area (Å²) in [5.41, 5.74) is 1.35. The van der Waals surface area contributed by atoms with Gasteiger partial charge in [0.1, 0.15) is 5.75 Å². The molecule has 2 N–H and O–H groups in total. The van der Waals surface area contributed by atoms with Crippen LogP contribution in [0.25, 0.3) is 0 Å². The molecule has 120 valence electrons. The SMILES string of the molecule is CCCC(COc1ccc(C(C)(C)C)cc1)CS(N)(=O)=O. The molecule has 0 amide bonds. The summed E-state index contributed by atoms with van der Waals surface area (Å²) < 4.78 is 28.1. The summed E-state index contributed by atoms with van der Waals surface area (Å²) in [6.07, 6.45) is 1.70. The second-order valence-corrected chi connectivity index (χ2v) is 8.23. The van der Waals surface area contributed by atoms with Crippen LogP contribution in [0.4, 0.5) is 0 Å². The van der Waals surface area contributed by atoms with Gasteiger partial charge in [0.25, 0.3) is 0 Å². The first kappa shape index (κ1) is 18.0. The molecule has 1 unspecified atom stereocenters. The van der Waals surface area contributed by atoms with Crippen molar-refractivity contribution in [3.05, 3.63) is 29.8 Å². The van der Waals surface area contributed by atoms with Gasteiger partial charge in [0.05, 0.1) is 12.4 Å². The zero-order valence-corrected chi connectivity index (χ0v) is 14.2. The van der Waals surface area contributed by atoms with E-state index in [2.05, 4.69) is 20.8 Å². The molecule has 0 saturated carbocycles. The van der Waals surface area contributed by atoms with Gasteiger partial charge in [-0.1, -0.05) is 46.2 Å². The maximum atomic E-state index is 11.2. The Morgan fingerprint density at radius 1 is 1.19 bits per heavy atom. The van der Waals surface area contributed by atoms with Gasteiger partial charge in [-0.15, -0.1) is 0 Å². The van der Waals surface area contributed by atoms with E-state index in [1.165, 1.54) is 5.56 Å². The Hall–Kier alpha value is -1.07. The molecule has 1 rings (SSSR count). The Morgan fingerprint density at radius 2 is 1.76 bits per heavy atom. The third-order valence-electron chi connectivity index (χ3n) is 3.37. The lowest BCUT2D eigenvalue weighted by Crippen LogP contribution is -2.27. The maximum absolute atomic E-state index is 11.2. The highest BCUT2D eigenvalue weighted by atomic mass is 32.2. The van der Waals surface area contributed by atoms with Crippen LogP contribution in [-0.2, 0) is 15.4 Å². The largest absolute Gasteiger partial charge is 0.493 e. The Kier molecular flexibility index (Phi) is 6.23. The van der Waals surface area contributed by atoms with Crippen molar-refractivity contribution in [2.24, 2.45) is 11.1 Å². The van der Waals surface area contributed by atoms with Gasteiger partial charge in [0.15, 0.2) is 0 Å². The molecule has 0 spiro atoms. The van der Waals surface area contributed by atoms with Crippen molar-refractivity contribution in [3.8, 4) is 5.75 Å². The average Bonchev–Trinajstić information content (AvgIpc) is 2.34. The van der Waals surface area contributed by atoms with E-state index < -0.39 is 10.0 Å². The molecule has 1 atom stereocenters. The molecule has 0 aromatic heterocycles. The molecule has 0 fully saturated rings. The molecular weight excluding hydrogens is 286 g/mol. The Labute approximate surface area is 128 Å². The Balaban J connectivity index is 2.63. The molecule has 0 radical (unpaired) electrons. The van der Waals surface area contributed by atoms with Gasteiger partial charge < -0.3 is 4.74 Å². The van der Waals surface area contributed by atoms with Crippen molar-refractivity contribution >= 4 is 10.0 Å². The molecule has 5 heteroatoms. The Morgan fingerprint density at radius 3 is 2.19 bits per heavy atom. The van der Waals surface area contributed by atoms with E-state index in [4.69, 9.17) is 9.88 Å². The number of rotatable bonds is 7. The molecule has 1 aromatic rings. The highest BCUT2D eigenvalue weighted by molar-refractivity contribution is 7.89. The minimum Gasteiger partial charge on any atom is -0.493 e. The van der Waals surface area contributed by atoms with Gasteiger partial charge in [0.2, 0.25) is 10.0 Å². The number of ether oxygens (including phenoxy) is 1. The monoisotopic (exact) mass is 313 g/mol. The summed E-state index contributed by atoms with van der Waals surface area (Å²) in [6, 6.07) is 7.95. The average molecular weight is 313 g/mol. The summed E-state index contributed by atoms with van der Waals surface area (Å²) in [7, 11) is -3.46. The van der Waals surface area contributed by atoms with E-state index in [1.807, 2.05) is 31.2 Å². The quantitative estimate of drug-likeness (QED) is 0.841. The van der Waals surface area contributed by atoms with Crippen LogP contribution in [0.1, 0.15) is 46.1 Å². The van der Waals surface area contributed by atoms with Crippen molar-refractivity contribution in [3.63, 3.8) is 0 Å². The normalized spacial score (nSPS) is 14.0. The van der Waals surface area contributed by atoms with Crippen molar-refractivity contribution in [2.75, 3.05) is 12.4 Å². The van der Waals surface area contributed by atoms with Gasteiger partial charge >= 0.3 is 0 Å². The summed E-state index contributed by atoms with van der Waals surface area (Å²) >= 11 is 0. The fourth-order valence-electron chi connectivity index (χ4n) is 2.22. The zero-order chi connectivity index (χ0) is 16.1. The van der Waals surface area contributed by atoms with E-state index >= 15 is 0 Å². The molecule has 4 nitrogen and oxygen atoms in total. The van der Waals surface area contributed by atoms with Crippen molar-refractivity contribution < 1.29 is 13.2 Å². The molecule has 1 aromatic carbocycles. The standard InChI is InChI=1S/C16H27NO3S/c1-5-6-13(12-21(17,18)19)11-20-15-9-7-14(8-10-15)16(2,3)4/h7-10,13H,5-6,11-12H2,1-4H3,(H2,17,18,19). The first-order valence-electron chi connectivity index (χ1n) is 7.35. The summed E-state index contributed by atoms with van der Waals surface area (Å²) in [4.78, 5) is 0. The smallest absolute Gasteiger partial charge is 0.209 e. The lowest BCUT2D eigenvalue weighted by molar-refractivity contribution is 0.252. The van der Waals surface area contributed by atoms with Gasteiger partial charge in [-0.3, -0.25) is 0 Å². The van der Waals surface area contributed by atoms with Crippen LogP contribution in [0.2, 0.25) is 0 Å². The van der Waals surface area contributed by atoms with E-state index in [1.54, 1.807) is 0 Å². The van der Waals surface area contributed by atoms with Gasteiger partial charge in [-0.2, -0.15) is 0 Å². The minimum absolute atomic E-state index is 0.0269. The second-order valence-electron chi connectivity index (χ2n) is 6.57. The molecular formula is C16H27NO3S. The highest BCUT2D eigenvalue weighted by Crippen LogP contribution is 2.24.